The second-order valence-electron chi connectivity index (χ2n) is 6.94. The Bertz CT molecular complexity index is 842. The molecular formula is C23H31N3. The molecule has 3 nitrogen and oxygen atoms in total. The number of nitrogens with one attached hydrogen (secondary N) is 1. The fourth-order valence-corrected chi connectivity index (χ4v) is 3.80. The molecule has 0 atom stereocenters. The highest BCUT2D eigenvalue weighted by Gasteiger charge is 2.14. The molecule has 0 saturated carbocycles. The first kappa shape index (κ1) is 18.5. The van der Waals surface area contributed by atoms with Gasteiger partial charge in [0.15, 0.2) is 0 Å². The van der Waals surface area contributed by atoms with Crippen LogP contribution in [0.3, 0.4) is 0 Å². The van der Waals surface area contributed by atoms with E-state index in [2.05, 4.69) is 73.1 Å². The number of aryl methyl sites for hydroxylation is 2. The number of unbranched alkanes of at least 4 members (excludes halogenated alkanes) is 1. The summed E-state index contributed by atoms with van der Waals surface area (Å²) in [5, 5.41) is 1.35. The van der Waals surface area contributed by atoms with Gasteiger partial charge >= 0.3 is 0 Å². The Morgan fingerprint density at radius 3 is 2.35 bits per heavy atom. The third kappa shape index (κ3) is 3.63. The SMILES string of the molecule is CCN(CC)c1ccc(-c2[nH]c3c(C)cccc3c2CCCCN)cc1. The molecule has 0 aliphatic heterocycles. The van der Waals surface area contributed by atoms with E-state index in [0.717, 1.165) is 38.9 Å². The number of hydrogen-bond donors (Lipinski definition) is 2. The highest BCUT2D eigenvalue weighted by molar-refractivity contribution is 5.92. The van der Waals surface area contributed by atoms with Gasteiger partial charge in [0.25, 0.3) is 0 Å². The Kier molecular flexibility index (Phi) is 6.00. The summed E-state index contributed by atoms with van der Waals surface area (Å²) in [6.07, 6.45) is 3.26. The van der Waals surface area contributed by atoms with E-state index in [1.807, 2.05) is 0 Å². The van der Waals surface area contributed by atoms with Gasteiger partial charge in [-0.25, -0.2) is 0 Å². The zero-order chi connectivity index (χ0) is 18.5. The summed E-state index contributed by atoms with van der Waals surface area (Å²) in [7, 11) is 0. The minimum absolute atomic E-state index is 0.759. The summed E-state index contributed by atoms with van der Waals surface area (Å²) < 4.78 is 0. The van der Waals surface area contributed by atoms with E-state index in [1.54, 1.807) is 0 Å². The first-order valence-corrected chi connectivity index (χ1v) is 9.85. The van der Waals surface area contributed by atoms with Crippen molar-refractivity contribution in [3.63, 3.8) is 0 Å². The molecule has 3 rings (SSSR count). The normalized spacial score (nSPS) is 11.2. The number of H-pyrrole nitrogens is 1. The van der Waals surface area contributed by atoms with Gasteiger partial charge in [-0.2, -0.15) is 0 Å². The molecule has 0 amide bonds. The molecule has 0 bridgehead atoms. The molecule has 2 aromatic carbocycles. The summed E-state index contributed by atoms with van der Waals surface area (Å²) in [5.74, 6) is 0. The van der Waals surface area contributed by atoms with Crippen LogP contribution in [0.25, 0.3) is 22.2 Å². The quantitative estimate of drug-likeness (QED) is 0.544. The van der Waals surface area contributed by atoms with Crippen molar-refractivity contribution in [2.24, 2.45) is 5.73 Å². The van der Waals surface area contributed by atoms with Gasteiger partial charge < -0.3 is 15.6 Å². The van der Waals surface area contributed by atoms with Crippen molar-refractivity contribution in [1.29, 1.82) is 0 Å². The van der Waals surface area contributed by atoms with Crippen LogP contribution in [0.4, 0.5) is 5.69 Å². The van der Waals surface area contributed by atoms with E-state index in [9.17, 15) is 0 Å². The lowest BCUT2D eigenvalue weighted by molar-refractivity contribution is 0.748. The molecule has 0 fully saturated rings. The molecule has 3 heteroatoms. The largest absolute Gasteiger partial charge is 0.372 e. The molecule has 0 spiro atoms. The molecule has 0 unspecified atom stereocenters. The third-order valence-electron chi connectivity index (χ3n) is 5.32. The van der Waals surface area contributed by atoms with E-state index < -0.39 is 0 Å². The predicted octanol–water partition coefficient (Wildman–Crippen LogP) is 5.27. The van der Waals surface area contributed by atoms with E-state index in [0.29, 0.717) is 0 Å². The van der Waals surface area contributed by atoms with Gasteiger partial charge in [-0.1, -0.05) is 30.3 Å². The van der Waals surface area contributed by atoms with Crippen LogP contribution in [-0.2, 0) is 6.42 Å². The van der Waals surface area contributed by atoms with Gasteiger partial charge in [0.05, 0.1) is 0 Å². The number of hydrogen-bond acceptors (Lipinski definition) is 2. The Morgan fingerprint density at radius 2 is 1.69 bits per heavy atom. The van der Waals surface area contributed by atoms with Gasteiger partial charge in [-0.15, -0.1) is 0 Å². The van der Waals surface area contributed by atoms with Crippen molar-refractivity contribution < 1.29 is 0 Å². The Balaban J connectivity index is 2.03. The van der Waals surface area contributed by atoms with E-state index in [-0.39, 0.29) is 0 Å². The average Bonchev–Trinajstić information content (AvgIpc) is 3.04. The summed E-state index contributed by atoms with van der Waals surface area (Å²) >= 11 is 0. The van der Waals surface area contributed by atoms with E-state index >= 15 is 0 Å². The van der Waals surface area contributed by atoms with E-state index in [1.165, 1.54) is 39.0 Å². The first-order chi connectivity index (χ1) is 12.7. The van der Waals surface area contributed by atoms with Crippen LogP contribution >= 0.6 is 0 Å². The molecule has 3 aromatic rings. The predicted molar refractivity (Wildman–Crippen MR) is 114 cm³/mol. The highest BCUT2D eigenvalue weighted by Crippen LogP contribution is 2.33. The number of rotatable bonds is 8. The van der Waals surface area contributed by atoms with Crippen molar-refractivity contribution in [1.82, 2.24) is 4.98 Å². The fourth-order valence-electron chi connectivity index (χ4n) is 3.80. The van der Waals surface area contributed by atoms with Crippen LogP contribution in [0.1, 0.15) is 37.8 Å². The van der Waals surface area contributed by atoms with Crippen LogP contribution in [-0.4, -0.2) is 24.6 Å². The number of aromatic nitrogens is 1. The number of fused-ring (bicyclic) bond motifs is 1. The molecule has 0 aliphatic rings. The Labute approximate surface area is 157 Å². The standard InChI is InChI=1S/C23H31N3/c1-4-26(5-2)19-14-12-18(13-15-19)23-21(10-6-7-16-24)20-11-8-9-17(3)22(20)25-23/h8-9,11-15,25H,4-7,10,16,24H2,1-3H3. The van der Waals surface area contributed by atoms with E-state index in [4.69, 9.17) is 5.73 Å². The smallest absolute Gasteiger partial charge is 0.0497 e. The molecule has 138 valence electrons. The molecule has 1 heterocycles. The summed E-state index contributed by atoms with van der Waals surface area (Å²) in [6, 6.07) is 15.6. The first-order valence-electron chi connectivity index (χ1n) is 9.85. The maximum Gasteiger partial charge on any atom is 0.0497 e. The second kappa shape index (κ2) is 8.41. The second-order valence-corrected chi connectivity index (χ2v) is 6.94. The Hall–Kier alpha value is -2.26. The van der Waals surface area contributed by atoms with Crippen LogP contribution in [0.2, 0.25) is 0 Å². The van der Waals surface area contributed by atoms with Gasteiger partial charge in [0, 0.05) is 35.4 Å². The number of aromatic amines is 1. The lowest BCUT2D eigenvalue weighted by Gasteiger charge is -2.21. The number of anilines is 1. The van der Waals surface area contributed by atoms with Crippen LogP contribution < -0.4 is 10.6 Å². The minimum Gasteiger partial charge on any atom is -0.372 e. The van der Waals surface area contributed by atoms with Gasteiger partial charge in [-0.3, -0.25) is 0 Å². The number of para-hydroxylation sites is 1. The minimum atomic E-state index is 0.759. The molecule has 26 heavy (non-hydrogen) atoms. The molecular weight excluding hydrogens is 318 g/mol. The fraction of sp³-hybridized carbons (Fsp3) is 0.391. The Morgan fingerprint density at radius 1 is 0.962 bits per heavy atom. The number of nitrogens with two attached hydrogens (primary N) is 1. The zero-order valence-corrected chi connectivity index (χ0v) is 16.3. The van der Waals surface area contributed by atoms with Gasteiger partial charge in [0.1, 0.15) is 0 Å². The lowest BCUT2D eigenvalue weighted by Crippen LogP contribution is -2.21. The van der Waals surface area contributed by atoms with Crippen molar-refractivity contribution in [3.05, 3.63) is 53.6 Å². The molecule has 3 N–H and O–H groups in total. The summed E-state index contributed by atoms with van der Waals surface area (Å²) in [6.45, 7) is 9.41. The maximum atomic E-state index is 5.71. The number of nitrogens with zero attached hydrogens (tertiary/aromatic N) is 1. The zero-order valence-electron chi connectivity index (χ0n) is 16.3. The van der Waals surface area contributed by atoms with Crippen molar-refractivity contribution in [2.45, 2.75) is 40.0 Å². The third-order valence-corrected chi connectivity index (χ3v) is 5.32. The maximum absolute atomic E-state index is 5.71. The topological polar surface area (TPSA) is 45.0 Å². The summed E-state index contributed by atoms with van der Waals surface area (Å²) in [4.78, 5) is 6.08. The van der Waals surface area contributed by atoms with Gasteiger partial charge in [0.2, 0.25) is 0 Å². The van der Waals surface area contributed by atoms with Crippen molar-refractivity contribution in [3.8, 4) is 11.3 Å². The average molecular weight is 350 g/mol. The summed E-state index contributed by atoms with van der Waals surface area (Å²) in [5.41, 5.74) is 13.5. The highest BCUT2D eigenvalue weighted by atomic mass is 15.1. The van der Waals surface area contributed by atoms with Crippen LogP contribution in [0.15, 0.2) is 42.5 Å². The van der Waals surface area contributed by atoms with Crippen molar-refractivity contribution >= 4 is 16.6 Å². The van der Waals surface area contributed by atoms with Crippen LogP contribution in [0, 0.1) is 6.92 Å². The molecule has 0 saturated heterocycles. The molecule has 0 radical (unpaired) electrons. The molecule has 1 aromatic heterocycles. The number of benzene rings is 2. The van der Waals surface area contributed by atoms with Crippen LogP contribution in [0.5, 0.6) is 0 Å². The van der Waals surface area contributed by atoms with Crippen molar-refractivity contribution in [2.75, 3.05) is 24.5 Å². The van der Waals surface area contributed by atoms with Gasteiger partial charge in [-0.05, 0) is 75.4 Å². The molecule has 0 aliphatic carbocycles. The lowest BCUT2D eigenvalue weighted by atomic mass is 9.99. The monoisotopic (exact) mass is 349 g/mol.